The fourth-order valence-corrected chi connectivity index (χ4v) is 7.59. The number of carbonyl (C=O) groups is 1. The molecule has 3 aliphatic rings. The fourth-order valence-electron chi connectivity index (χ4n) is 7.59. The van der Waals surface area contributed by atoms with Crippen LogP contribution in [-0.2, 0) is 22.0 Å². The van der Waals surface area contributed by atoms with Gasteiger partial charge in [0.1, 0.15) is 11.6 Å². The van der Waals surface area contributed by atoms with Gasteiger partial charge in [-0.3, -0.25) is 9.89 Å². The third-order valence-corrected chi connectivity index (χ3v) is 9.21. The third kappa shape index (κ3) is 3.61. The number of carbonyl (C=O) groups excluding carboxylic acids is 1. The average Bonchev–Trinajstić information content (AvgIpc) is 3.54. The van der Waals surface area contributed by atoms with E-state index in [0.717, 1.165) is 43.4 Å². The van der Waals surface area contributed by atoms with Crippen LogP contribution in [0.2, 0.25) is 0 Å². The van der Waals surface area contributed by atoms with E-state index in [1.807, 2.05) is 39.1 Å². The number of nitrogens with zero attached hydrogens (tertiary/aromatic N) is 2. The van der Waals surface area contributed by atoms with Crippen LogP contribution >= 0.6 is 0 Å². The standard InChI is InChI=1S/C29H35FN4O2/c1-28(2,3)23-14-24(34-36-23)32-25(35)11-10-20-21-15-31-33-27(21)29(4)13-12-17-16-6-5-7-22(30)18(16)8-9-19(17)26(20)29/h5-7,14-15,17,19-20,26H,8-13H2,1-4H3,(H,31,33)(H,32,34,35)/t17?,19?,20-,26?,29+/m1/s1. The minimum absolute atomic E-state index is 0.0177. The molecular formula is C29H35FN4O2. The molecule has 6 rings (SSSR count). The van der Waals surface area contributed by atoms with E-state index in [1.54, 1.807) is 6.07 Å². The van der Waals surface area contributed by atoms with Crippen LogP contribution in [0.15, 0.2) is 35.0 Å². The molecule has 0 aliphatic heterocycles. The number of halogens is 1. The lowest BCUT2D eigenvalue weighted by molar-refractivity contribution is -0.116. The van der Waals surface area contributed by atoms with Gasteiger partial charge in [-0.2, -0.15) is 5.10 Å². The Morgan fingerprint density at radius 2 is 2.11 bits per heavy atom. The second-order valence-electron chi connectivity index (χ2n) is 12.3. The minimum Gasteiger partial charge on any atom is -0.359 e. The minimum atomic E-state index is -0.166. The van der Waals surface area contributed by atoms with Gasteiger partial charge >= 0.3 is 0 Å². The zero-order valence-corrected chi connectivity index (χ0v) is 21.5. The summed E-state index contributed by atoms with van der Waals surface area (Å²) in [6, 6.07) is 7.40. The molecule has 5 atom stereocenters. The first-order valence-electron chi connectivity index (χ1n) is 13.3. The Bertz CT molecular complexity index is 1300. The lowest BCUT2D eigenvalue weighted by atomic mass is 9.53. The van der Waals surface area contributed by atoms with Gasteiger partial charge in [0.25, 0.3) is 0 Å². The molecule has 0 spiro atoms. The topological polar surface area (TPSA) is 83.8 Å². The van der Waals surface area contributed by atoms with E-state index < -0.39 is 0 Å². The largest absolute Gasteiger partial charge is 0.359 e. The fraction of sp³-hybridized carbons (Fsp3) is 0.552. The van der Waals surface area contributed by atoms with Gasteiger partial charge in [-0.1, -0.05) is 45.0 Å². The van der Waals surface area contributed by atoms with Gasteiger partial charge in [0.05, 0.1) is 5.69 Å². The number of hydrogen-bond acceptors (Lipinski definition) is 4. The van der Waals surface area contributed by atoms with E-state index >= 15 is 0 Å². The summed E-state index contributed by atoms with van der Waals surface area (Å²) < 4.78 is 20.0. The second kappa shape index (κ2) is 8.29. The van der Waals surface area contributed by atoms with Crippen LogP contribution in [0.4, 0.5) is 10.2 Å². The first-order chi connectivity index (χ1) is 17.2. The number of aromatic nitrogens is 3. The van der Waals surface area contributed by atoms with Crippen LogP contribution in [0.25, 0.3) is 0 Å². The van der Waals surface area contributed by atoms with E-state index in [9.17, 15) is 9.18 Å². The molecule has 0 radical (unpaired) electrons. The molecule has 7 heteroatoms. The SMILES string of the molecule is CC(C)(C)c1cc(NC(=O)CC[C@@H]2c3c[nH]nc3[C@@]3(C)CCC4c5cccc(F)c5CCC4C23)no1. The van der Waals surface area contributed by atoms with Gasteiger partial charge in [-0.05, 0) is 78.5 Å². The molecule has 2 heterocycles. The highest BCUT2D eigenvalue weighted by atomic mass is 19.1. The summed E-state index contributed by atoms with van der Waals surface area (Å²) in [5.74, 6) is 2.58. The molecule has 3 unspecified atom stereocenters. The number of nitrogens with one attached hydrogen (secondary N) is 2. The molecule has 0 saturated heterocycles. The number of hydrogen-bond donors (Lipinski definition) is 2. The van der Waals surface area contributed by atoms with E-state index in [0.29, 0.717) is 30.0 Å². The summed E-state index contributed by atoms with van der Waals surface area (Å²) in [7, 11) is 0. The van der Waals surface area contributed by atoms with Crippen molar-refractivity contribution in [3.63, 3.8) is 0 Å². The van der Waals surface area contributed by atoms with Gasteiger partial charge in [-0.25, -0.2) is 4.39 Å². The molecular weight excluding hydrogens is 455 g/mol. The molecule has 1 aromatic carbocycles. The Morgan fingerprint density at radius 1 is 1.28 bits per heavy atom. The van der Waals surface area contributed by atoms with Crippen molar-refractivity contribution in [2.45, 2.75) is 88.9 Å². The molecule has 3 aliphatic carbocycles. The molecule has 3 aromatic rings. The monoisotopic (exact) mass is 490 g/mol. The van der Waals surface area contributed by atoms with E-state index in [1.165, 1.54) is 16.8 Å². The lowest BCUT2D eigenvalue weighted by Crippen LogP contribution is -2.44. The Kier molecular flexibility index (Phi) is 5.39. The van der Waals surface area contributed by atoms with Crippen molar-refractivity contribution in [3.05, 3.63) is 64.4 Å². The van der Waals surface area contributed by atoms with Gasteiger partial charge in [0, 0.05) is 29.5 Å². The first kappa shape index (κ1) is 23.4. The number of benzene rings is 1. The number of anilines is 1. The van der Waals surface area contributed by atoms with Crippen molar-refractivity contribution in [1.29, 1.82) is 0 Å². The maximum absolute atomic E-state index is 14.6. The predicted octanol–water partition coefficient (Wildman–Crippen LogP) is 6.36. The van der Waals surface area contributed by atoms with Crippen molar-refractivity contribution < 1.29 is 13.7 Å². The molecule has 6 nitrogen and oxygen atoms in total. The zero-order chi connectivity index (χ0) is 25.2. The van der Waals surface area contributed by atoms with Crippen LogP contribution < -0.4 is 5.32 Å². The summed E-state index contributed by atoms with van der Waals surface area (Å²) in [6.45, 7) is 8.51. The number of amides is 1. The van der Waals surface area contributed by atoms with Crippen molar-refractivity contribution >= 4 is 11.7 Å². The highest BCUT2D eigenvalue weighted by molar-refractivity contribution is 5.89. The van der Waals surface area contributed by atoms with Crippen LogP contribution in [0.5, 0.6) is 0 Å². The van der Waals surface area contributed by atoms with Crippen LogP contribution in [-0.4, -0.2) is 21.3 Å². The maximum Gasteiger partial charge on any atom is 0.225 e. The Morgan fingerprint density at radius 3 is 2.89 bits per heavy atom. The quantitative estimate of drug-likeness (QED) is 0.445. The summed E-state index contributed by atoms with van der Waals surface area (Å²) in [6.07, 6.45) is 7.06. The lowest BCUT2D eigenvalue weighted by Gasteiger charge is -2.50. The highest BCUT2D eigenvalue weighted by Crippen LogP contribution is 2.64. The van der Waals surface area contributed by atoms with Gasteiger partial charge in [0.2, 0.25) is 5.91 Å². The zero-order valence-electron chi connectivity index (χ0n) is 21.5. The Balaban J connectivity index is 1.23. The Hall–Kier alpha value is -2.96. The average molecular weight is 491 g/mol. The van der Waals surface area contributed by atoms with E-state index in [2.05, 4.69) is 28.6 Å². The molecule has 2 aromatic heterocycles. The van der Waals surface area contributed by atoms with Crippen molar-refractivity contribution in [3.8, 4) is 0 Å². The van der Waals surface area contributed by atoms with Gasteiger partial charge in [0.15, 0.2) is 5.82 Å². The van der Waals surface area contributed by atoms with Crippen LogP contribution in [0, 0.1) is 17.7 Å². The number of aromatic amines is 1. The summed E-state index contributed by atoms with van der Waals surface area (Å²) in [4.78, 5) is 12.9. The molecule has 36 heavy (non-hydrogen) atoms. The van der Waals surface area contributed by atoms with Gasteiger partial charge < -0.3 is 9.84 Å². The van der Waals surface area contributed by atoms with Crippen molar-refractivity contribution in [2.24, 2.45) is 11.8 Å². The maximum atomic E-state index is 14.6. The predicted molar refractivity (Wildman–Crippen MR) is 135 cm³/mol. The van der Waals surface area contributed by atoms with E-state index in [-0.39, 0.29) is 28.5 Å². The summed E-state index contributed by atoms with van der Waals surface area (Å²) >= 11 is 0. The molecule has 0 bridgehead atoms. The van der Waals surface area contributed by atoms with Crippen molar-refractivity contribution in [1.82, 2.24) is 15.4 Å². The van der Waals surface area contributed by atoms with Crippen molar-refractivity contribution in [2.75, 3.05) is 5.32 Å². The highest BCUT2D eigenvalue weighted by Gasteiger charge is 2.58. The molecule has 1 fully saturated rings. The Labute approximate surface area is 211 Å². The molecule has 2 N–H and O–H groups in total. The first-order valence-corrected chi connectivity index (χ1v) is 13.3. The van der Waals surface area contributed by atoms with Crippen LogP contribution in [0.3, 0.4) is 0 Å². The third-order valence-electron chi connectivity index (χ3n) is 9.21. The van der Waals surface area contributed by atoms with Gasteiger partial charge in [-0.15, -0.1) is 0 Å². The number of fused-ring (bicyclic) bond motifs is 7. The van der Waals surface area contributed by atoms with Crippen LogP contribution in [0.1, 0.15) is 99.8 Å². The molecule has 1 amide bonds. The normalized spacial score (nSPS) is 28.7. The number of rotatable bonds is 4. The summed E-state index contributed by atoms with van der Waals surface area (Å²) in [5, 5.41) is 14.8. The smallest absolute Gasteiger partial charge is 0.225 e. The number of H-pyrrole nitrogens is 1. The summed E-state index contributed by atoms with van der Waals surface area (Å²) in [5.41, 5.74) is 4.37. The molecule has 190 valence electrons. The molecule has 1 saturated carbocycles. The second-order valence-corrected chi connectivity index (χ2v) is 12.3. The van der Waals surface area contributed by atoms with E-state index in [4.69, 9.17) is 9.62 Å².